The van der Waals surface area contributed by atoms with Gasteiger partial charge in [0.2, 0.25) is 11.6 Å². The molecule has 4 heterocycles. The van der Waals surface area contributed by atoms with E-state index in [0.717, 1.165) is 63.0 Å². The Hall–Kier alpha value is -6.87. The van der Waals surface area contributed by atoms with Crippen molar-refractivity contribution in [2.24, 2.45) is 0 Å². The lowest BCUT2D eigenvalue weighted by molar-refractivity contribution is -0.134. The van der Waals surface area contributed by atoms with Gasteiger partial charge >= 0.3 is 5.97 Å². The topological polar surface area (TPSA) is 185 Å². The Labute approximate surface area is 360 Å². The summed E-state index contributed by atoms with van der Waals surface area (Å²) in [4.78, 5) is 25.1. The van der Waals surface area contributed by atoms with Crippen LogP contribution in [0.4, 0.5) is 0 Å². The SMILES string of the molecule is CC(C)Oc1ccc(-c2nc(-c3ccc4c(c3)CCCN(CCCC(=O)Oc3cc(-c5nc(-c6ccc7c(c6)CCCNC7)no5)cc(C#N)c3OC(C)C)C4)no2)cc1C#N. The molecule has 14 nitrogen and oxygen atoms in total. The number of nitrogens with one attached hydrogen (secondary N) is 1. The van der Waals surface area contributed by atoms with Crippen LogP contribution < -0.4 is 19.5 Å². The van der Waals surface area contributed by atoms with Crippen LogP contribution in [0.3, 0.4) is 0 Å². The molecule has 2 aliphatic rings. The third-order valence-corrected chi connectivity index (χ3v) is 10.8. The molecule has 62 heavy (non-hydrogen) atoms. The number of aryl methyl sites for hydroxylation is 2. The highest BCUT2D eigenvalue weighted by Gasteiger charge is 2.23. The number of ether oxygens (including phenoxy) is 3. The van der Waals surface area contributed by atoms with Gasteiger partial charge in [-0.1, -0.05) is 34.6 Å². The van der Waals surface area contributed by atoms with Crippen molar-refractivity contribution in [1.29, 1.82) is 10.5 Å². The van der Waals surface area contributed by atoms with E-state index in [1.807, 2.05) is 45.9 Å². The smallest absolute Gasteiger partial charge is 0.311 e. The minimum absolute atomic E-state index is 0.0596. The van der Waals surface area contributed by atoms with Gasteiger partial charge < -0.3 is 28.6 Å². The first-order valence-electron chi connectivity index (χ1n) is 21.2. The predicted octanol–water partition coefficient (Wildman–Crippen LogP) is 8.61. The van der Waals surface area contributed by atoms with Gasteiger partial charge in [-0.25, -0.2) is 0 Å². The summed E-state index contributed by atoms with van der Waals surface area (Å²) < 4.78 is 29.0. The number of carbonyl (C=O) groups is 1. The largest absolute Gasteiger partial charge is 0.490 e. The molecule has 0 spiro atoms. The van der Waals surface area contributed by atoms with E-state index < -0.39 is 5.97 Å². The molecule has 0 saturated carbocycles. The summed E-state index contributed by atoms with van der Waals surface area (Å²) in [5, 5.41) is 31.8. The van der Waals surface area contributed by atoms with Gasteiger partial charge in [-0.15, -0.1) is 0 Å². The normalized spacial score (nSPS) is 14.0. The first-order valence-corrected chi connectivity index (χ1v) is 21.2. The molecule has 0 radical (unpaired) electrons. The molecular formula is C48H48N8O6. The zero-order chi connectivity index (χ0) is 43.2. The van der Waals surface area contributed by atoms with Crippen LogP contribution in [0, 0.1) is 22.7 Å². The van der Waals surface area contributed by atoms with E-state index in [4.69, 9.17) is 23.3 Å². The number of hydrogen-bond donors (Lipinski definition) is 1. The third kappa shape index (κ3) is 9.68. The second kappa shape index (κ2) is 18.8. The summed E-state index contributed by atoms with van der Waals surface area (Å²) in [6.45, 7) is 11.6. The van der Waals surface area contributed by atoms with Crippen molar-refractivity contribution < 1.29 is 28.1 Å². The maximum Gasteiger partial charge on any atom is 0.311 e. The monoisotopic (exact) mass is 832 g/mol. The number of nitriles is 2. The zero-order valence-corrected chi connectivity index (χ0v) is 35.4. The second-order valence-electron chi connectivity index (χ2n) is 16.2. The van der Waals surface area contributed by atoms with Gasteiger partial charge in [-0.2, -0.15) is 20.5 Å². The molecule has 2 aromatic heterocycles. The highest BCUT2D eigenvalue weighted by molar-refractivity contribution is 5.76. The summed E-state index contributed by atoms with van der Waals surface area (Å²) in [6, 6.07) is 25.3. The first kappa shape index (κ1) is 41.8. The molecule has 4 aromatic carbocycles. The summed E-state index contributed by atoms with van der Waals surface area (Å²) in [6.07, 6.45) is 4.26. The predicted molar refractivity (Wildman–Crippen MR) is 230 cm³/mol. The number of rotatable bonds is 13. The molecule has 8 rings (SSSR count). The highest BCUT2D eigenvalue weighted by atomic mass is 16.6. The fourth-order valence-corrected chi connectivity index (χ4v) is 7.84. The minimum atomic E-state index is -0.437. The molecule has 0 aliphatic carbocycles. The fourth-order valence-electron chi connectivity index (χ4n) is 7.84. The molecule has 0 fully saturated rings. The van der Waals surface area contributed by atoms with Crippen LogP contribution in [-0.2, 0) is 30.7 Å². The summed E-state index contributed by atoms with van der Waals surface area (Å²) >= 11 is 0. The number of nitrogens with zero attached hydrogens (tertiary/aromatic N) is 7. The molecule has 316 valence electrons. The highest BCUT2D eigenvalue weighted by Crippen LogP contribution is 2.38. The first-order chi connectivity index (χ1) is 30.1. The van der Waals surface area contributed by atoms with Gasteiger partial charge in [-0.05, 0) is 144 Å². The van der Waals surface area contributed by atoms with Crippen molar-refractivity contribution in [2.75, 3.05) is 19.6 Å². The summed E-state index contributed by atoms with van der Waals surface area (Å²) in [5.41, 5.74) is 8.32. The number of esters is 1. The van der Waals surface area contributed by atoms with E-state index in [-0.39, 0.29) is 41.6 Å². The van der Waals surface area contributed by atoms with Gasteiger partial charge in [0.15, 0.2) is 11.5 Å². The van der Waals surface area contributed by atoms with Crippen LogP contribution >= 0.6 is 0 Å². The summed E-state index contributed by atoms with van der Waals surface area (Å²) in [5.74, 6) is 1.83. The van der Waals surface area contributed by atoms with E-state index in [9.17, 15) is 15.3 Å². The van der Waals surface area contributed by atoms with E-state index in [0.29, 0.717) is 52.9 Å². The Morgan fingerprint density at radius 3 is 2.10 bits per heavy atom. The Morgan fingerprint density at radius 2 is 1.39 bits per heavy atom. The number of aromatic nitrogens is 4. The number of carbonyl (C=O) groups excluding carboxylic acids is 1. The minimum Gasteiger partial charge on any atom is -0.490 e. The van der Waals surface area contributed by atoms with Crippen LogP contribution in [0.1, 0.15) is 86.8 Å². The van der Waals surface area contributed by atoms with Crippen LogP contribution in [-0.4, -0.2) is 63.0 Å². The van der Waals surface area contributed by atoms with Crippen molar-refractivity contribution >= 4 is 5.97 Å². The molecule has 0 atom stereocenters. The van der Waals surface area contributed by atoms with E-state index in [2.05, 4.69) is 66.9 Å². The quantitative estimate of drug-likeness (QED) is 0.0861. The number of fused-ring (bicyclic) bond motifs is 2. The lowest BCUT2D eigenvalue weighted by atomic mass is 10.0. The average Bonchev–Trinajstić information content (AvgIpc) is 3.85. The second-order valence-corrected chi connectivity index (χ2v) is 16.2. The molecule has 14 heteroatoms. The molecule has 0 unspecified atom stereocenters. The third-order valence-electron chi connectivity index (χ3n) is 10.8. The van der Waals surface area contributed by atoms with Gasteiger partial charge in [0.1, 0.15) is 17.9 Å². The van der Waals surface area contributed by atoms with Crippen molar-refractivity contribution in [3.8, 4) is 75.1 Å². The molecule has 6 aromatic rings. The zero-order valence-electron chi connectivity index (χ0n) is 35.4. The Balaban J connectivity index is 0.909. The maximum atomic E-state index is 13.4. The van der Waals surface area contributed by atoms with Crippen molar-refractivity contribution in [1.82, 2.24) is 30.5 Å². The lowest BCUT2D eigenvalue weighted by Crippen LogP contribution is -2.25. The fraction of sp³-hybridized carbons (Fsp3) is 0.354. The molecule has 2 aliphatic heterocycles. The van der Waals surface area contributed by atoms with Crippen LogP contribution in [0.2, 0.25) is 0 Å². The Morgan fingerprint density at radius 1 is 0.742 bits per heavy atom. The standard InChI is InChI=1S/C48H48N8O6/c1-29(2)58-41-16-15-35(22-39(41)25-49)47-52-45(54-61-47)34-12-14-37-28-56(18-6-9-32(37)21-34)19-7-10-43(57)60-42-24-38(23-40(26-50)44(42)59-30(3)4)48-53-46(55-62-48)33-11-13-36-27-51-17-5-8-31(36)20-33/h11-16,20-24,29-30,51H,5-10,17-19,27-28H2,1-4H3. The van der Waals surface area contributed by atoms with Gasteiger partial charge in [0.05, 0.1) is 23.3 Å². The van der Waals surface area contributed by atoms with Crippen LogP contribution in [0.25, 0.3) is 45.7 Å². The van der Waals surface area contributed by atoms with Crippen molar-refractivity contribution in [3.05, 3.63) is 100 Å². The van der Waals surface area contributed by atoms with Gasteiger partial charge in [0, 0.05) is 41.8 Å². The van der Waals surface area contributed by atoms with E-state index in [1.54, 1.807) is 24.3 Å². The molecule has 0 bridgehead atoms. The van der Waals surface area contributed by atoms with E-state index in [1.165, 1.54) is 22.3 Å². The number of benzene rings is 4. The van der Waals surface area contributed by atoms with Gasteiger partial charge in [-0.3, -0.25) is 9.69 Å². The van der Waals surface area contributed by atoms with Crippen molar-refractivity contribution in [3.63, 3.8) is 0 Å². The lowest BCUT2D eigenvalue weighted by Gasteiger charge is -2.20. The maximum absolute atomic E-state index is 13.4. The summed E-state index contributed by atoms with van der Waals surface area (Å²) in [7, 11) is 0. The van der Waals surface area contributed by atoms with E-state index >= 15 is 0 Å². The Kier molecular flexibility index (Phi) is 12.7. The van der Waals surface area contributed by atoms with Crippen molar-refractivity contribution in [2.45, 2.75) is 91.5 Å². The molecule has 0 saturated heterocycles. The van der Waals surface area contributed by atoms with Crippen LogP contribution in [0.15, 0.2) is 75.8 Å². The molecular weight excluding hydrogens is 785 g/mol. The molecule has 0 amide bonds. The Bertz CT molecular complexity index is 2670. The van der Waals surface area contributed by atoms with Gasteiger partial charge in [0.25, 0.3) is 11.8 Å². The number of hydrogen-bond acceptors (Lipinski definition) is 14. The van der Waals surface area contributed by atoms with Crippen LogP contribution in [0.5, 0.6) is 17.2 Å². The molecule has 1 N–H and O–H groups in total. The average molecular weight is 833 g/mol.